The number of amides is 1. The lowest BCUT2D eigenvalue weighted by atomic mass is 9.96. The average molecular weight is 233 g/mol. The highest BCUT2D eigenvalue weighted by Gasteiger charge is 2.25. The van der Waals surface area contributed by atoms with E-state index in [2.05, 4.69) is 29.5 Å². The molecule has 0 aliphatic carbocycles. The number of hydrogen-bond acceptors (Lipinski definition) is 3. The number of aryl methyl sites for hydroxylation is 1. The third-order valence-corrected chi connectivity index (χ3v) is 3.05. The third-order valence-electron chi connectivity index (χ3n) is 3.05. The molecule has 2 heterocycles. The molecule has 0 spiro atoms. The Hall–Kier alpha value is -1.58. The number of aromatic nitrogens is 1. The highest BCUT2D eigenvalue weighted by atomic mass is 16.2. The van der Waals surface area contributed by atoms with E-state index in [4.69, 9.17) is 0 Å². The van der Waals surface area contributed by atoms with E-state index >= 15 is 0 Å². The molecular formula is C13H19N3O. The highest BCUT2D eigenvalue weighted by Crippen LogP contribution is 2.27. The Kier molecular flexibility index (Phi) is 3.31. The predicted molar refractivity (Wildman–Crippen MR) is 69.0 cm³/mol. The van der Waals surface area contributed by atoms with Crippen molar-refractivity contribution < 1.29 is 4.79 Å². The lowest BCUT2D eigenvalue weighted by Gasteiger charge is -2.15. The standard InChI is InChI=1S/C13H19N3O/c1-8(2)6-10-7-15-12-11(16-13(10)17)9(3)4-5-14-12/h4-5,8,10H,6-7H2,1-3H3,(H,14,15)(H,16,17). The summed E-state index contributed by atoms with van der Waals surface area (Å²) in [6, 6.07) is 1.91. The molecule has 0 radical (unpaired) electrons. The second-order valence-corrected chi connectivity index (χ2v) is 5.05. The quantitative estimate of drug-likeness (QED) is 0.824. The number of carbonyl (C=O) groups is 1. The van der Waals surface area contributed by atoms with E-state index in [0.29, 0.717) is 12.5 Å². The molecule has 4 heteroatoms. The van der Waals surface area contributed by atoms with Crippen LogP contribution in [0.3, 0.4) is 0 Å². The molecule has 1 aromatic heterocycles. The molecule has 1 atom stereocenters. The molecule has 1 aromatic rings. The van der Waals surface area contributed by atoms with Crippen LogP contribution in [0.4, 0.5) is 11.5 Å². The maximum Gasteiger partial charge on any atom is 0.229 e. The average Bonchev–Trinajstić information content (AvgIpc) is 2.41. The SMILES string of the molecule is Cc1ccnc2c1NC(=O)C(CC(C)C)CN2. The fourth-order valence-electron chi connectivity index (χ4n) is 2.15. The number of rotatable bonds is 2. The van der Waals surface area contributed by atoms with Gasteiger partial charge in [0, 0.05) is 12.7 Å². The van der Waals surface area contributed by atoms with Crippen LogP contribution < -0.4 is 10.6 Å². The van der Waals surface area contributed by atoms with Crippen molar-refractivity contribution in [3.8, 4) is 0 Å². The van der Waals surface area contributed by atoms with Gasteiger partial charge < -0.3 is 10.6 Å². The number of nitrogens with one attached hydrogen (secondary N) is 2. The zero-order valence-electron chi connectivity index (χ0n) is 10.6. The first-order valence-electron chi connectivity index (χ1n) is 6.08. The molecule has 1 aliphatic heterocycles. The monoisotopic (exact) mass is 233 g/mol. The number of hydrogen-bond donors (Lipinski definition) is 2. The first-order chi connectivity index (χ1) is 8.08. The minimum absolute atomic E-state index is 0.0172. The molecule has 92 valence electrons. The molecule has 2 rings (SSSR count). The lowest BCUT2D eigenvalue weighted by molar-refractivity contribution is -0.119. The lowest BCUT2D eigenvalue weighted by Crippen LogP contribution is -2.27. The minimum atomic E-state index is 0.0172. The Balaban J connectivity index is 2.22. The van der Waals surface area contributed by atoms with Crippen LogP contribution in [0.2, 0.25) is 0 Å². The van der Waals surface area contributed by atoms with Gasteiger partial charge in [0.25, 0.3) is 0 Å². The summed E-state index contributed by atoms with van der Waals surface area (Å²) in [5, 5.41) is 6.24. The van der Waals surface area contributed by atoms with Crippen molar-refractivity contribution in [1.29, 1.82) is 0 Å². The number of anilines is 2. The molecule has 1 unspecified atom stereocenters. The van der Waals surface area contributed by atoms with Gasteiger partial charge in [-0.15, -0.1) is 0 Å². The second kappa shape index (κ2) is 4.73. The molecule has 0 saturated carbocycles. The van der Waals surface area contributed by atoms with Crippen LogP contribution >= 0.6 is 0 Å². The van der Waals surface area contributed by atoms with Crippen molar-refractivity contribution in [2.75, 3.05) is 17.2 Å². The summed E-state index contributed by atoms with van der Waals surface area (Å²) in [7, 11) is 0. The van der Waals surface area contributed by atoms with Gasteiger partial charge in [0.2, 0.25) is 5.91 Å². The van der Waals surface area contributed by atoms with E-state index in [-0.39, 0.29) is 11.8 Å². The van der Waals surface area contributed by atoms with Crippen LogP contribution in [-0.4, -0.2) is 17.4 Å². The Morgan fingerprint density at radius 1 is 1.53 bits per heavy atom. The van der Waals surface area contributed by atoms with Crippen LogP contribution in [0, 0.1) is 18.8 Å². The second-order valence-electron chi connectivity index (χ2n) is 5.05. The fourth-order valence-corrected chi connectivity index (χ4v) is 2.15. The Morgan fingerprint density at radius 3 is 3.00 bits per heavy atom. The van der Waals surface area contributed by atoms with E-state index < -0.39 is 0 Å². The van der Waals surface area contributed by atoms with E-state index in [0.717, 1.165) is 23.5 Å². The normalized spacial score (nSPS) is 19.3. The van der Waals surface area contributed by atoms with E-state index in [1.54, 1.807) is 6.20 Å². The summed E-state index contributed by atoms with van der Waals surface area (Å²) in [6.45, 7) is 6.91. The van der Waals surface area contributed by atoms with Crippen molar-refractivity contribution >= 4 is 17.4 Å². The summed E-state index contributed by atoms with van der Waals surface area (Å²) < 4.78 is 0. The number of nitrogens with zero attached hydrogens (tertiary/aromatic N) is 1. The van der Waals surface area contributed by atoms with E-state index in [9.17, 15) is 4.79 Å². The fraction of sp³-hybridized carbons (Fsp3) is 0.538. The minimum Gasteiger partial charge on any atom is -0.368 e. The predicted octanol–water partition coefficient (Wildman–Crippen LogP) is 2.42. The van der Waals surface area contributed by atoms with Crippen LogP contribution in [0.1, 0.15) is 25.8 Å². The Bertz CT molecular complexity index is 429. The van der Waals surface area contributed by atoms with Gasteiger partial charge in [-0.3, -0.25) is 4.79 Å². The van der Waals surface area contributed by atoms with Gasteiger partial charge >= 0.3 is 0 Å². The van der Waals surface area contributed by atoms with Gasteiger partial charge in [0.05, 0.1) is 11.6 Å². The molecule has 2 N–H and O–H groups in total. The molecule has 0 aromatic carbocycles. The molecule has 4 nitrogen and oxygen atoms in total. The van der Waals surface area contributed by atoms with Crippen LogP contribution in [0.5, 0.6) is 0 Å². The largest absolute Gasteiger partial charge is 0.368 e. The van der Waals surface area contributed by atoms with Gasteiger partial charge in [-0.05, 0) is 30.9 Å². The summed E-state index contributed by atoms with van der Waals surface area (Å²) in [5.41, 5.74) is 1.87. The summed E-state index contributed by atoms with van der Waals surface area (Å²) in [4.78, 5) is 16.3. The van der Waals surface area contributed by atoms with Gasteiger partial charge in [0.1, 0.15) is 5.82 Å². The molecule has 0 bridgehead atoms. The summed E-state index contributed by atoms with van der Waals surface area (Å²) in [5.74, 6) is 1.41. The molecule has 1 amide bonds. The van der Waals surface area contributed by atoms with Gasteiger partial charge in [0.15, 0.2) is 0 Å². The highest BCUT2D eigenvalue weighted by molar-refractivity contribution is 5.97. The summed E-state index contributed by atoms with van der Waals surface area (Å²) in [6.07, 6.45) is 2.65. The van der Waals surface area contributed by atoms with Crippen molar-refractivity contribution in [2.24, 2.45) is 11.8 Å². The first-order valence-corrected chi connectivity index (χ1v) is 6.08. The van der Waals surface area contributed by atoms with E-state index in [1.807, 2.05) is 13.0 Å². The zero-order chi connectivity index (χ0) is 12.4. The van der Waals surface area contributed by atoms with Crippen molar-refractivity contribution in [3.05, 3.63) is 17.8 Å². The summed E-state index contributed by atoms with van der Waals surface area (Å²) >= 11 is 0. The zero-order valence-corrected chi connectivity index (χ0v) is 10.6. The van der Waals surface area contributed by atoms with Crippen LogP contribution in [-0.2, 0) is 4.79 Å². The molecule has 1 aliphatic rings. The van der Waals surface area contributed by atoms with Crippen molar-refractivity contribution in [2.45, 2.75) is 27.2 Å². The van der Waals surface area contributed by atoms with Crippen LogP contribution in [0.15, 0.2) is 12.3 Å². The van der Waals surface area contributed by atoms with Crippen molar-refractivity contribution in [1.82, 2.24) is 4.98 Å². The van der Waals surface area contributed by atoms with Gasteiger partial charge in [-0.2, -0.15) is 0 Å². The topological polar surface area (TPSA) is 54.0 Å². The maximum absolute atomic E-state index is 12.1. The Morgan fingerprint density at radius 2 is 2.29 bits per heavy atom. The van der Waals surface area contributed by atoms with E-state index in [1.165, 1.54) is 0 Å². The molecule has 17 heavy (non-hydrogen) atoms. The smallest absolute Gasteiger partial charge is 0.229 e. The van der Waals surface area contributed by atoms with Crippen LogP contribution in [0.25, 0.3) is 0 Å². The number of pyridine rings is 1. The molecular weight excluding hydrogens is 214 g/mol. The molecule has 0 saturated heterocycles. The Labute approximate surface area is 102 Å². The maximum atomic E-state index is 12.1. The van der Waals surface area contributed by atoms with Gasteiger partial charge in [-0.25, -0.2) is 4.98 Å². The third kappa shape index (κ3) is 2.57. The van der Waals surface area contributed by atoms with Crippen molar-refractivity contribution in [3.63, 3.8) is 0 Å². The molecule has 0 fully saturated rings. The number of carbonyl (C=O) groups excluding carboxylic acids is 1. The number of fused-ring (bicyclic) bond motifs is 1. The van der Waals surface area contributed by atoms with Gasteiger partial charge in [-0.1, -0.05) is 13.8 Å². The first kappa shape index (κ1) is 11.9.